The number of anilines is 1. The standard InChI is InChI=1S/C35H34N4O5S/c40-33-17-14-26(39(41)42)22-31(33)34-29-13-7-12-28(29)30-23-27(15-16-32(30)36-34)45(43,44)38-20-18-37(19-21-38)35(24-8-3-1-4-9-24)25-10-5-2-6-11-25/h1-12,14-17,22-23,28-29,34-36,40H,13,18-21H2. The number of benzene rings is 4. The summed E-state index contributed by atoms with van der Waals surface area (Å²) >= 11 is 0. The Labute approximate surface area is 262 Å². The third-order valence-corrected chi connectivity index (χ3v) is 11.3. The van der Waals surface area contributed by atoms with E-state index in [4.69, 9.17) is 0 Å². The number of allylic oxidation sites excluding steroid dienone is 2. The van der Waals surface area contributed by atoms with Crippen LogP contribution < -0.4 is 5.32 Å². The lowest BCUT2D eigenvalue weighted by molar-refractivity contribution is -0.385. The topological polar surface area (TPSA) is 116 Å². The monoisotopic (exact) mass is 622 g/mol. The van der Waals surface area contributed by atoms with Crippen LogP contribution in [0.5, 0.6) is 5.75 Å². The van der Waals surface area contributed by atoms with E-state index in [-0.39, 0.29) is 40.3 Å². The molecule has 4 aromatic carbocycles. The maximum absolute atomic E-state index is 14.0. The summed E-state index contributed by atoms with van der Waals surface area (Å²) in [6, 6.07) is 29.6. The molecule has 0 radical (unpaired) electrons. The Kier molecular flexibility index (Phi) is 7.64. The number of piperazine rings is 1. The highest BCUT2D eigenvalue weighted by molar-refractivity contribution is 7.89. The third kappa shape index (κ3) is 5.39. The molecule has 7 rings (SSSR count). The average Bonchev–Trinajstić information content (AvgIpc) is 3.56. The number of hydrogen-bond acceptors (Lipinski definition) is 7. The maximum Gasteiger partial charge on any atom is 0.270 e. The van der Waals surface area contributed by atoms with Gasteiger partial charge in [-0.05, 0) is 53.3 Å². The summed E-state index contributed by atoms with van der Waals surface area (Å²) in [5.41, 5.74) is 4.38. The molecule has 1 fully saturated rings. The fourth-order valence-corrected chi connectivity index (χ4v) is 8.64. The molecule has 0 saturated carbocycles. The smallest absolute Gasteiger partial charge is 0.270 e. The normalized spacial score (nSPS) is 21.7. The van der Waals surface area contributed by atoms with Crippen molar-refractivity contribution in [3.05, 3.63) is 142 Å². The van der Waals surface area contributed by atoms with Gasteiger partial charge in [0.1, 0.15) is 5.75 Å². The van der Waals surface area contributed by atoms with Gasteiger partial charge in [-0.15, -0.1) is 0 Å². The lowest BCUT2D eigenvalue weighted by atomic mass is 9.77. The van der Waals surface area contributed by atoms with Gasteiger partial charge < -0.3 is 10.4 Å². The Morgan fingerprint density at radius 2 is 1.51 bits per heavy atom. The van der Waals surface area contributed by atoms with Gasteiger partial charge in [-0.2, -0.15) is 4.31 Å². The van der Waals surface area contributed by atoms with Crippen molar-refractivity contribution in [3.8, 4) is 5.75 Å². The molecule has 4 aromatic rings. The molecule has 0 amide bonds. The molecule has 3 aliphatic rings. The van der Waals surface area contributed by atoms with Crippen LogP contribution in [-0.4, -0.2) is 53.8 Å². The van der Waals surface area contributed by atoms with Gasteiger partial charge >= 0.3 is 0 Å². The molecule has 230 valence electrons. The van der Waals surface area contributed by atoms with Crippen molar-refractivity contribution in [1.82, 2.24) is 9.21 Å². The predicted octanol–water partition coefficient (Wildman–Crippen LogP) is 6.22. The zero-order valence-corrected chi connectivity index (χ0v) is 25.4. The predicted molar refractivity (Wildman–Crippen MR) is 173 cm³/mol. The highest BCUT2D eigenvalue weighted by Crippen LogP contribution is 2.52. The van der Waals surface area contributed by atoms with E-state index in [9.17, 15) is 23.6 Å². The van der Waals surface area contributed by atoms with Crippen molar-refractivity contribution in [2.24, 2.45) is 5.92 Å². The van der Waals surface area contributed by atoms with E-state index < -0.39 is 14.9 Å². The molecule has 2 aliphatic heterocycles. The van der Waals surface area contributed by atoms with Crippen LogP contribution in [0.15, 0.2) is 114 Å². The first kappa shape index (κ1) is 29.2. The molecule has 3 unspecified atom stereocenters. The van der Waals surface area contributed by atoms with Gasteiger partial charge in [0.15, 0.2) is 0 Å². The van der Waals surface area contributed by atoms with Gasteiger partial charge in [0, 0.05) is 55.5 Å². The van der Waals surface area contributed by atoms with E-state index in [1.165, 1.54) is 29.3 Å². The molecule has 9 nitrogen and oxygen atoms in total. The van der Waals surface area contributed by atoms with Gasteiger partial charge in [-0.1, -0.05) is 72.8 Å². The summed E-state index contributed by atoms with van der Waals surface area (Å²) in [4.78, 5) is 13.6. The Morgan fingerprint density at radius 3 is 2.16 bits per heavy atom. The molecular formula is C35H34N4O5S. The van der Waals surface area contributed by atoms with E-state index in [2.05, 4.69) is 46.6 Å². The number of non-ortho nitro benzene ring substituents is 1. The first-order valence-electron chi connectivity index (χ1n) is 15.2. The second-order valence-electron chi connectivity index (χ2n) is 11.9. The Hall–Kier alpha value is -4.51. The number of sulfonamides is 1. The van der Waals surface area contributed by atoms with Crippen LogP contribution in [0.1, 0.15) is 46.7 Å². The van der Waals surface area contributed by atoms with Crippen LogP contribution in [0.25, 0.3) is 0 Å². The summed E-state index contributed by atoms with van der Waals surface area (Å²) in [7, 11) is -3.75. The molecule has 0 spiro atoms. The summed E-state index contributed by atoms with van der Waals surface area (Å²) in [5.74, 6) is -0.124. The first-order chi connectivity index (χ1) is 21.8. The summed E-state index contributed by atoms with van der Waals surface area (Å²) in [5, 5.41) is 25.5. The summed E-state index contributed by atoms with van der Waals surface area (Å²) < 4.78 is 29.6. The molecule has 0 aromatic heterocycles. The zero-order chi connectivity index (χ0) is 31.1. The number of hydrogen-bond donors (Lipinski definition) is 2. The Balaban J connectivity index is 1.13. The minimum Gasteiger partial charge on any atom is -0.508 e. The van der Waals surface area contributed by atoms with Crippen LogP contribution in [0, 0.1) is 16.0 Å². The van der Waals surface area contributed by atoms with Crippen LogP contribution in [0.3, 0.4) is 0 Å². The van der Waals surface area contributed by atoms with Crippen molar-refractivity contribution < 1.29 is 18.4 Å². The summed E-state index contributed by atoms with van der Waals surface area (Å²) in [6.45, 7) is 1.96. The van der Waals surface area contributed by atoms with Crippen LogP contribution in [0.2, 0.25) is 0 Å². The first-order valence-corrected chi connectivity index (χ1v) is 16.6. The number of nitro benzene ring substituents is 1. The average molecular weight is 623 g/mol. The number of fused-ring (bicyclic) bond motifs is 3. The highest BCUT2D eigenvalue weighted by atomic mass is 32.2. The fraction of sp³-hybridized carbons (Fsp3) is 0.257. The Bertz CT molecular complexity index is 1820. The minimum absolute atomic E-state index is 0.00712. The molecule has 0 bridgehead atoms. The number of aromatic hydroxyl groups is 1. The summed E-state index contributed by atoms with van der Waals surface area (Å²) in [6.07, 6.45) is 4.84. The largest absolute Gasteiger partial charge is 0.508 e. The molecular weight excluding hydrogens is 588 g/mol. The van der Waals surface area contributed by atoms with Crippen molar-refractivity contribution >= 4 is 21.4 Å². The van der Waals surface area contributed by atoms with Gasteiger partial charge in [0.2, 0.25) is 10.0 Å². The number of nitrogens with one attached hydrogen (secondary N) is 1. The SMILES string of the molecule is O=[N+]([O-])c1ccc(O)c(C2Nc3ccc(S(=O)(=O)N4CCN(C(c5ccccc5)c5ccccc5)CC4)cc3C3C=CCC32)c1. The van der Waals surface area contributed by atoms with Crippen molar-refractivity contribution in [3.63, 3.8) is 0 Å². The third-order valence-electron chi connectivity index (χ3n) is 9.40. The lowest BCUT2D eigenvalue weighted by Gasteiger charge is -2.40. The maximum atomic E-state index is 14.0. The van der Waals surface area contributed by atoms with Crippen molar-refractivity contribution in [2.75, 3.05) is 31.5 Å². The number of phenolic OH excluding ortho intramolecular Hbond substituents is 1. The second kappa shape index (κ2) is 11.8. The molecule has 2 N–H and O–H groups in total. The van der Waals surface area contributed by atoms with E-state index in [0.29, 0.717) is 38.2 Å². The van der Waals surface area contributed by atoms with Crippen molar-refractivity contribution in [1.29, 1.82) is 0 Å². The molecule has 2 heterocycles. The number of nitrogens with zero attached hydrogens (tertiary/aromatic N) is 3. The molecule has 10 heteroatoms. The van der Waals surface area contributed by atoms with Gasteiger partial charge in [0.25, 0.3) is 5.69 Å². The quantitative estimate of drug-likeness (QED) is 0.143. The number of phenols is 1. The van der Waals surface area contributed by atoms with Crippen LogP contribution >= 0.6 is 0 Å². The van der Waals surface area contributed by atoms with Crippen LogP contribution in [-0.2, 0) is 10.0 Å². The van der Waals surface area contributed by atoms with Gasteiger partial charge in [-0.25, -0.2) is 8.42 Å². The number of rotatable bonds is 7. The van der Waals surface area contributed by atoms with Crippen molar-refractivity contribution in [2.45, 2.75) is 29.3 Å². The van der Waals surface area contributed by atoms with Crippen LogP contribution in [0.4, 0.5) is 11.4 Å². The van der Waals surface area contributed by atoms with Gasteiger partial charge in [-0.3, -0.25) is 15.0 Å². The van der Waals surface area contributed by atoms with E-state index in [1.807, 2.05) is 36.4 Å². The molecule has 45 heavy (non-hydrogen) atoms. The number of nitro groups is 1. The Morgan fingerprint density at radius 1 is 0.844 bits per heavy atom. The highest BCUT2D eigenvalue weighted by Gasteiger charge is 2.40. The molecule has 1 aliphatic carbocycles. The fourth-order valence-electron chi connectivity index (χ4n) is 7.18. The van der Waals surface area contributed by atoms with E-state index >= 15 is 0 Å². The lowest BCUT2D eigenvalue weighted by Crippen LogP contribution is -2.49. The minimum atomic E-state index is -3.75. The molecule has 3 atom stereocenters. The van der Waals surface area contributed by atoms with Gasteiger partial charge in [0.05, 0.1) is 21.9 Å². The van der Waals surface area contributed by atoms with E-state index in [1.54, 1.807) is 22.5 Å². The second-order valence-corrected chi connectivity index (χ2v) is 13.8. The molecule has 1 saturated heterocycles. The zero-order valence-electron chi connectivity index (χ0n) is 24.6. The van der Waals surface area contributed by atoms with E-state index in [0.717, 1.165) is 11.3 Å².